The summed E-state index contributed by atoms with van der Waals surface area (Å²) in [6.07, 6.45) is 6.37. The minimum absolute atomic E-state index is 0.362. The number of hydrogen-bond acceptors (Lipinski definition) is 1. The van der Waals surface area contributed by atoms with Gasteiger partial charge in [-0.15, -0.1) is 0 Å². The van der Waals surface area contributed by atoms with Crippen molar-refractivity contribution in [2.45, 2.75) is 45.4 Å². The molecule has 0 spiro atoms. The fourth-order valence-electron chi connectivity index (χ4n) is 2.14. The number of carboxylic acids is 1. The molecule has 0 radical (unpaired) electrons. The van der Waals surface area contributed by atoms with Crippen molar-refractivity contribution in [1.82, 2.24) is 0 Å². The van der Waals surface area contributed by atoms with Crippen LogP contribution in [0.2, 0.25) is 0 Å². The molecule has 1 aliphatic rings. The zero-order chi connectivity index (χ0) is 8.97. The molecule has 0 aromatic carbocycles. The Hall–Kier alpha value is -0.530. The van der Waals surface area contributed by atoms with E-state index in [1.54, 1.807) is 0 Å². The Kier molecular flexibility index (Phi) is 3.57. The molecule has 1 N–H and O–H groups in total. The Labute approximate surface area is 74.0 Å². The van der Waals surface area contributed by atoms with Crippen molar-refractivity contribution in [3.8, 4) is 0 Å². The van der Waals surface area contributed by atoms with E-state index in [-0.39, 0.29) is 0 Å². The molecule has 2 heteroatoms. The van der Waals surface area contributed by atoms with E-state index >= 15 is 0 Å². The average molecular weight is 170 g/mol. The van der Waals surface area contributed by atoms with Crippen LogP contribution in [0.3, 0.4) is 0 Å². The molecule has 0 bridgehead atoms. The highest BCUT2D eigenvalue weighted by molar-refractivity contribution is 5.66. The van der Waals surface area contributed by atoms with Crippen LogP contribution in [0, 0.1) is 11.8 Å². The van der Waals surface area contributed by atoms with Crippen LogP contribution >= 0.6 is 0 Å². The first kappa shape index (κ1) is 9.56. The fourth-order valence-corrected chi connectivity index (χ4v) is 2.14. The van der Waals surface area contributed by atoms with Crippen molar-refractivity contribution in [2.24, 2.45) is 11.8 Å². The Morgan fingerprint density at radius 2 is 2.08 bits per heavy atom. The first-order valence-corrected chi connectivity index (χ1v) is 4.94. The summed E-state index contributed by atoms with van der Waals surface area (Å²) in [5.41, 5.74) is 0. The average Bonchev–Trinajstić information content (AvgIpc) is 2.48. The lowest BCUT2D eigenvalue weighted by Gasteiger charge is -2.07. The van der Waals surface area contributed by atoms with Crippen molar-refractivity contribution in [3.63, 3.8) is 0 Å². The number of rotatable bonds is 4. The van der Waals surface area contributed by atoms with Gasteiger partial charge in [0.1, 0.15) is 0 Å². The third kappa shape index (κ3) is 2.84. The number of carbonyl (C=O) groups is 1. The van der Waals surface area contributed by atoms with Crippen LogP contribution in [0.4, 0.5) is 0 Å². The van der Waals surface area contributed by atoms with Gasteiger partial charge >= 0.3 is 5.97 Å². The van der Waals surface area contributed by atoms with Crippen LogP contribution in [-0.2, 0) is 4.79 Å². The first-order valence-electron chi connectivity index (χ1n) is 4.94. The van der Waals surface area contributed by atoms with E-state index in [0.717, 1.165) is 12.3 Å². The largest absolute Gasteiger partial charge is 0.481 e. The highest BCUT2D eigenvalue weighted by Gasteiger charge is 2.23. The maximum atomic E-state index is 10.3. The van der Waals surface area contributed by atoms with Crippen LogP contribution in [-0.4, -0.2) is 11.1 Å². The molecular formula is C10H18O2. The molecule has 0 aromatic heterocycles. The van der Waals surface area contributed by atoms with Crippen molar-refractivity contribution < 1.29 is 9.90 Å². The van der Waals surface area contributed by atoms with E-state index in [9.17, 15) is 4.79 Å². The molecule has 1 saturated carbocycles. The molecule has 0 heterocycles. The fraction of sp³-hybridized carbons (Fsp3) is 0.900. The Bertz CT molecular complexity index is 154. The molecule has 1 aliphatic carbocycles. The predicted octanol–water partition coefficient (Wildman–Crippen LogP) is 2.68. The van der Waals surface area contributed by atoms with E-state index in [2.05, 4.69) is 6.92 Å². The predicted molar refractivity (Wildman–Crippen MR) is 48.0 cm³/mol. The van der Waals surface area contributed by atoms with Gasteiger partial charge in [0, 0.05) is 6.42 Å². The monoisotopic (exact) mass is 170 g/mol. The molecule has 2 nitrogen and oxygen atoms in total. The third-order valence-electron chi connectivity index (χ3n) is 2.99. The second-order valence-electron chi connectivity index (χ2n) is 3.89. The van der Waals surface area contributed by atoms with Gasteiger partial charge in [-0.3, -0.25) is 4.79 Å². The van der Waals surface area contributed by atoms with Crippen LogP contribution in [0.25, 0.3) is 0 Å². The molecule has 70 valence electrons. The van der Waals surface area contributed by atoms with Gasteiger partial charge in [0.05, 0.1) is 0 Å². The van der Waals surface area contributed by atoms with Gasteiger partial charge in [0.2, 0.25) is 0 Å². The highest BCUT2D eigenvalue weighted by atomic mass is 16.4. The summed E-state index contributed by atoms with van der Waals surface area (Å²) >= 11 is 0. The van der Waals surface area contributed by atoms with Crippen molar-refractivity contribution in [1.29, 1.82) is 0 Å². The van der Waals surface area contributed by atoms with E-state index in [1.807, 2.05) is 0 Å². The zero-order valence-corrected chi connectivity index (χ0v) is 7.75. The third-order valence-corrected chi connectivity index (χ3v) is 2.99. The lowest BCUT2D eigenvalue weighted by molar-refractivity contribution is -0.137. The standard InChI is InChI=1S/C10H18O2/c1-2-8-3-4-9(7-8)5-6-10(11)12/h8-9H,2-7H2,1H3,(H,11,12)/t8-,9+/m0/s1. The van der Waals surface area contributed by atoms with E-state index in [0.29, 0.717) is 12.3 Å². The van der Waals surface area contributed by atoms with Crippen LogP contribution in [0.1, 0.15) is 45.4 Å². The lowest BCUT2D eigenvalue weighted by atomic mass is 9.99. The number of aliphatic carboxylic acids is 1. The Morgan fingerprint density at radius 1 is 1.42 bits per heavy atom. The van der Waals surface area contributed by atoms with Crippen molar-refractivity contribution in [3.05, 3.63) is 0 Å². The van der Waals surface area contributed by atoms with Gasteiger partial charge in [-0.1, -0.05) is 26.2 Å². The Morgan fingerprint density at radius 3 is 2.58 bits per heavy atom. The van der Waals surface area contributed by atoms with E-state index in [1.165, 1.54) is 25.7 Å². The van der Waals surface area contributed by atoms with Gasteiger partial charge in [-0.05, 0) is 24.7 Å². The summed E-state index contributed by atoms with van der Waals surface area (Å²) in [7, 11) is 0. The van der Waals surface area contributed by atoms with Crippen LogP contribution in [0.5, 0.6) is 0 Å². The second kappa shape index (κ2) is 4.48. The Balaban J connectivity index is 2.15. The molecule has 2 atom stereocenters. The highest BCUT2D eigenvalue weighted by Crippen LogP contribution is 2.35. The van der Waals surface area contributed by atoms with Crippen LogP contribution in [0.15, 0.2) is 0 Å². The van der Waals surface area contributed by atoms with E-state index < -0.39 is 5.97 Å². The van der Waals surface area contributed by atoms with Gasteiger partial charge in [-0.25, -0.2) is 0 Å². The molecule has 1 rings (SSSR count). The molecule has 0 aromatic rings. The number of carboxylic acid groups (broad SMARTS) is 1. The topological polar surface area (TPSA) is 37.3 Å². The minimum atomic E-state index is -0.644. The summed E-state index contributed by atoms with van der Waals surface area (Å²) in [5, 5.41) is 8.50. The summed E-state index contributed by atoms with van der Waals surface area (Å²) < 4.78 is 0. The van der Waals surface area contributed by atoms with Crippen molar-refractivity contribution >= 4 is 5.97 Å². The SMILES string of the molecule is CC[C@H]1CC[C@H](CCC(=O)O)C1. The molecule has 0 unspecified atom stereocenters. The van der Waals surface area contributed by atoms with E-state index in [4.69, 9.17) is 5.11 Å². The normalized spacial score (nSPS) is 29.1. The summed E-state index contributed by atoms with van der Waals surface area (Å²) in [5.74, 6) is 0.935. The summed E-state index contributed by atoms with van der Waals surface area (Å²) in [4.78, 5) is 10.3. The molecule has 12 heavy (non-hydrogen) atoms. The number of hydrogen-bond donors (Lipinski definition) is 1. The van der Waals surface area contributed by atoms with Gasteiger partial charge < -0.3 is 5.11 Å². The minimum Gasteiger partial charge on any atom is -0.481 e. The quantitative estimate of drug-likeness (QED) is 0.704. The molecular weight excluding hydrogens is 152 g/mol. The van der Waals surface area contributed by atoms with Crippen molar-refractivity contribution in [2.75, 3.05) is 0 Å². The molecule has 0 amide bonds. The summed E-state index contributed by atoms with van der Waals surface area (Å²) in [6, 6.07) is 0. The second-order valence-corrected chi connectivity index (χ2v) is 3.89. The van der Waals surface area contributed by atoms with Gasteiger partial charge in [0.15, 0.2) is 0 Å². The van der Waals surface area contributed by atoms with Gasteiger partial charge in [0.25, 0.3) is 0 Å². The molecule has 1 fully saturated rings. The molecule has 0 aliphatic heterocycles. The van der Waals surface area contributed by atoms with Crippen LogP contribution < -0.4 is 0 Å². The smallest absolute Gasteiger partial charge is 0.303 e. The molecule has 0 saturated heterocycles. The summed E-state index contributed by atoms with van der Waals surface area (Å²) in [6.45, 7) is 2.23. The lowest BCUT2D eigenvalue weighted by Crippen LogP contribution is -2.01. The van der Waals surface area contributed by atoms with Gasteiger partial charge in [-0.2, -0.15) is 0 Å². The first-order chi connectivity index (χ1) is 5.72. The maximum absolute atomic E-state index is 10.3. The maximum Gasteiger partial charge on any atom is 0.303 e. The zero-order valence-electron chi connectivity index (χ0n) is 7.75.